The standard InChI is InChI=1S/C55H53F9Si2/c1-26(2)65(27(3)4,28(5)6)20-18-37-39-22-33(45-49(58)47(56)32(13)48(57)50(45)59)14-16-35(39)41-24-44-38(19-21-66(29(7)8,30(9)10)31(11)12)40-23-34(15-17-36(40)42(44)25-43(37)41)46-51(60)53(62)55(64)54(63)52(46)61/h14-17,22-31H,1-13H3. The minimum Gasteiger partial charge on any atom is -0.203 e. The van der Waals surface area contributed by atoms with Gasteiger partial charge in [0.1, 0.15) is 16.1 Å². The normalized spacial score (nSPS) is 13.2. The zero-order chi connectivity index (χ0) is 48.8. The minimum absolute atomic E-state index is 0.0808. The van der Waals surface area contributed by atoms with Gasteiger partial charge in [-0.05, 0) is 119 Å². The van der Waals surface area contributed by atoms with Crippen molar-refractivity contribution < 1.29 is 39.5 Å². The topological polar surface area (TPSA) is 0 Å². The summed E-state index contributed by atoms with van der Waals surface area (Å²) in [5, 5.41) is 1.33. The van der Waals surface area contributed by atoms with E-state index in [1.165, 1.54) is 24.3 Å². The maximum atomic E-state index is 15.6. The first-order valence-electron chi connectivity index (χ1n) is 22.5. The fraction of sp³-hybridized carbons (Fsp3) is 0.345. The molecule has 0 aliphatic heterocycles. The molecule has 0 spiro atoms. The fourth-order valence-corrected chi connectivity index (χ4v) is 21.8. The highest BCUT2D eigenvalue weighted by Crippen LogP contribution is 2.45. The molecule has 0 amide bonds. The van der Waals surface area contributed by atoms with Crippen LogP contribution < -0.4 is 10.4 Å². The van der Waals surface area contributed by atoms with E-state index < -0.39 is 85.2 Å². The Morgan fingerprint density at radius 3 is 0.939 bits per heavy atom. The monoisotopic (exact) mass is 940 g/mol. The van der Waals surface area contributed by atoms with Crippen LogP contribution in [0.25, 0.3) is 55.7 Å². The fourth-order valence-electron chi connectivity index (χ4n) is 11.4. The Morgan fingerprint density at radius 1 is 0.348 bits per heavy atom. The lowest BCUT2D eigenvalue weighted by molar-refractivity contribution is 0.381. The van der Waals surface area contributed by atoms with Gasteiger partial charge in [0, 0.05) is 16.7 Å². The number of fused-ring (bicyclic) bond motifs is 6. The smallest absolute Gasteiger partial charge is 0.200 e. The van der Waals surface area contributed by atoms with Gasteiger partial charge >= 0.3 is 0 Å². The molecule has 0 nitrogen and oxygen atoms in total. The Labute approximate surface area is 384 Å². The van der Waals surface area contributed by atoms with Gasteiger partial charge < -0.3 is 0 Å². The molecule has 0 unspecified atom stereocenters. The molecule has 0 saturated heterocycles. The van der Waals surface area contributed by atoms with Crippen LogP contribution in [0.1, 0.15) is 99.8 Å². The number of hydrogen-bond acceptors (Lipinski definition) is 0. The first kappa shape index (κ1) is 48.7. The third-order valence-electron chi connectivity index (χ3n) is 14.7. The molecule has 0 radical (unpaired) electrons. The zero-order valence-electron chi connectivity index (χ0n) is 39.5. The third kappa shape index (κ3) is 7.22. The van der Waals surface area contributed by atoms with Gasteiger partial charge in [-0.25, -0.2) is 39.5 Å². The van der Waals surface area contributed by atoms with Crippen molar-refractivity contribution in [3.05, 3.63) is 128 Å². The van der Waals surface area contributed by atoms with Crippen LogP contribution >= 0.6 is 0 Å². The summed E-state index contributed by atoms with van der Waals surface area (Å²) in [5.41, 5.74) is 10.6. The van der Waals surface area contributed by atoms with Crippen LogP contribution in [0.4, 0.5) is 39.5 Å². The minimum atomic E-state index is -2.44. The molecule has 0 atom stereocenters. The van der Waals surface area contributed by atoms with Crippen molar-refractivity contribution in [3.8, 4) is 67.4 Å². The van der Waals surface area contributed by atoms with E-state index in [2.05, 4.69) is 106 Å². The zero-order valence-corrected chi connectivity index (χ0v) is 41.5. The van der Waals surface area contributed by atoms with Gasteiger partial charge in [-0.3, -0.25) is 0 Å². The molecule has 0 bridgehead atoms. The van der Waals surface area contributed by atoms with E-state index in [1.807, 2.05) is 12.1 Å². The lowest BCUT2D eigenvalue weighted by Crippen LogP contribution is -2.43. The van der Waals surface area contributed by atoms with Crippen molar-refractivity contribution in [2.75, 3.05) is 0 Å². The SMILES string of the molecule is Cc1c(F)c(F)c(-c2ccc3c(c2)C(C#C[Si](C(C)C)(C(C)C)C(C)C)=c2cc4c(cc2-3)=C(C#C[Si](C(C)C)(C(C)C)C(C)C)c2cc(-c3c(F)c(F)c(F)c(F)c3F)ccc2-4)c(F)c1F. The number of halogens is 9. The van der Waals surface area contributed by atoms with Gasteiger partial charge in [-0.1, -0.05) is 119 Å². The largest absolute Gasteiger partial charge is 0.203 e. The van der Waals surface area contributed by atoms with Gasteiger partial charge in [0.15, 0.2) is 46.5 Å². The molecule has 0 saturated carbocycles. The summed E-state index contributed by atoms with van der Waals surface area (Å²) in [6, 6.07) is 12.8. The molecule has 344 valence electrons. The second-order valence-electron chi connectivity index (χ2n) is 19.7. The van der Waals surface area contributed by atoms with Crippen molar-refractivity contribution in [2.45, 2.75) is 123 Å². The van der Waals surface area contributed by atoms with Crippen molar-refractivity contribution in [3.63, 3.8) is 0 Å². The average Bonchev–Trinajstić information content (AvgIpc) is 3.72. The molecule has 5 aromatic carbocycles. The van der Waals surface area contributed by atoms with Crippen LogP contribution in [-0.2, 0) is 0 Å². The van der Waals surface area contributed by atoms with Crippen molar-refractivity contribution in [1.82, 2.24) is 0 Å². The molecular formula is C55H53F9Si2. The first-order valence-corrected chi connectivity index (χ1v) is 27.0. The van der Waals surface area contributed by atoms with Crippen LogP contribution in [-0.4, -0.2) is 16.1 Å². The molecule has 0 fully saturated rings. The van der Waals surface area contributed by atoms with Crippen LogP contribution in [0.2, 0.25) is 33.2 Å². The van der Waals surface area contributed by atoms with Crippen LogP contribution in [0, 0.1) is 82.2 Å². The van der Waals surface area contributed by atoms with Gasteiger partial charge in [0.05, 0.1) is 11.1 Å². The molecule has 2 aliphatic carbocycles. The summed E-state index contributed by atoms with van der Waals surface area (Å²) >= 11 is 0. The van der Waals surface area contributed by atoms with E-state index in [-0.39, 0.29) is 44.4 Å². The van der Waals surface area contributed by atoms with Crippen molar-refractivity contribution in [1.29, 1.82) is 0 Å². The van der Waals surface area contributed by atoms with E-state index in [0.717, 1.165) is 6.92 Å². The Kier molecular flexibility index (Phi) is 12.9. The molecule has 5 aromatic rings. The van der Waals surface area contributed by atoms with Gasteiger partial charge in [0.2, 0.25) is 5.82 Å². The number of hydrogen-bond donors (Lipinski definition) is 0. The third-order valence-corrected chi connectivity index (χ3v) is 27.2. The Bertz CT molecular complexity index is 2820. The van der Waals surface area contributed by atoms with Crippen LogP contribution in [0.15, 0.2) is 48.5 Å². The number of rotatable bonds is 8. The van der Waals surface area contributed by atoms with Gasteiger partial charge in [0.25, 0.3) is 0 Å². The predicted octanol–water partition coefficient (Wildman–Crippen LogP) is 15.4. The molecule has 0 aromatic heterocycles. The van der Waals surface area contributed by atoms with Crippen LogP contribution in [0.3, 0.4) is 0 Å². The lowest BCUT2D eigenvalue weighted by atomic mass is 9.95. The van der Waals surface area contributed by atoms with E-state index in [4.69, 9.17) is 0 Å². The molecule has 7 rings (SSSR count). The quantitative estimate of drug-likeness (QED) is 0.0478. The molecular weight excluding hydrogens is 888 g/mol. The molecule has 0 heterocycles. The summed E-state index contributed by atoms with van der Waals surface area (Å²) in [4.78, 5) is 0. The summed E-state index contributed by atoms with van der Waals surface area (Å²) in [6.07, 6.45) is 0. The van der Waals surface area contributed by atoms with Gasteiger partial charge in [-0.2, -0.15) is 0 Å². The van der Waals surface area contributed by atoms with Crippen molar-refractivity contribution in [2.24, 2.45) is 0 Å². The molecule has 66 heavy (non-hydrogen) atoms. The van der Waals surface area contributed by atoms with Crippen LogP contribution in [0.5, 0.6) is 0 Å². The van der Waals surface area contributed by atoms with E-state index in [0.29, 0.717) is 55.0 Å². The summed E-state index contributed by atoms with van der Waals surface area (Å²) in [7, 11) is -4.85. The van der Waals surface area contributed by atoms with Crippen molar-refractivity contribution >= 4 is 27.3 Å². The maximum Gasteiger partial charge on any atom is 0.200 e. The summed E-state index contributed by atoms with van der Waals surface area (Å²) < 4.78 is 136. The van der Waals surface area contributed by atoms with E-state index in [9.17, 15) is 13.2 Å². The molecule has 0 N–H and O–H groups in total. The van der Waals surface area contributed by atoms with Gasteiger partial charge in [-0.15, -0.1) is 11.1 Å². The first-order chi connectivity index (χ1) is 30.9. The predicted molar refractivity (Wildman–Crippen MR) is 254 cm³/mol. The molecule has 2 aliphatic rings. The Balaban J connectivity index is 1.62. The van der Waals surface area contributed by atoms with E-state index >= 15 is 26.3 Å². The Morgan fingerprint density at radius 2 is 0.636 bits per heavy atom. The highest BCUT2D eigenvalue weighted by molar-refractivity contribution is 6.91. The molecule has 11 heteroatoms. The number of benzene rings is 5. The highest BCUT2D eigenvalue weighted by atomic mass is 28.3. The Hall–Kier alpha value is -5.24. The average molecular weight is 941 g/mol. The highest BCUT2D eigenvalue weighted by Gasteiger charge is 2.43. The maximum absolute atomic E-state index is 15.6. The van der Waals surface area contributed by atoms with E-state index in [1.54, 1.807) is 12.1 Å². The second kappa shape index (κ2) is 17.4. The summed E-state index contributed by atoms with van der Waals surface area (Å²) in [5.74, 6) is -9.15. The lowest BCUT2D eigenvalue weighted by Gasteiger charge is -2.38. The second-order valence-corrected chi connectivity index (χ2v) is 30.9. The summed E-state index contributed by atoms with van der Waals surface area (Å²) in [6.45, 7) is 27.0.